The summed E-state index contributed by atoms with van der Waals surface area (Å²) in [4.78, 5) is 4.26. The van der Waals surface area contributed by atoms with Crippen molar-refractivity contribution < 1.29 is 13.2 Å². The zero-order valence-corrected chi connectivity index (χ0v) is 12.7. The molecular formula is C14H21F3N2S. The first-order valence-corrected chi connectivity index (χ1v) is 7.98. The summed E-state index contributed by atoms with van der Waals surface area (Å²) >= 11 is 1.24. The van der Waals surface area contributed by atoms with Crippen LogP contribution < -0.4 is 5.32 Å². The van der Waals surface area contributed by atoms with Crippen molar-refractivity contribution >= 4 is 11.3 Å². The maximum absolute atomic E-state index is 13.0. The molecule has 1 aliphatic rings. The highest BCUT2D eigenvalue weighted by atomic mass is 32.1. The molecule has 1 fully saturated rings. The van der Waals surface area contributed by atoms with Gasteiger partial charge in [0.15, 0.2) is 5.69 Å². The standard InChI is InChI=1S/C14H21F3N2S/c1-3-9-5-4-6-10(7-9)13-19-12(14(15,16)17)11(20-13)8-18-2/h9-10,18H,3-8H2,1-2H3. The van der Waals surface area contributed by atoms with E-state index in [1.807, 2.05) is 0 Å². The number of halogens is 3. The fourth-order valence-corrected chi connectivity index (χ4v) is 4.18. The molecule has 1 aromatic rings. The van der Waals surface area contributed by atoms with Crippen molar-refractivity contribution in [2.24, 2.45) is 5.92 Å². The van der Waals surface area contributed by atoms with Crippen molar-refractivity contribution in [3.05, 3.63) is 15.6 Å². The molecule has 0 bridgehead atoms. The molecule has 1 N–H and O–H groups in total. The summed E-state index contributed by atoms with van der Waals surface area (Å²) in [6.45, 7) is 2.39. The second kappa shape index (κ2) is 6.43. The van der Waals surface area contributed by atoms with E-state index in [4.69, 9.17) is 0 Å². The molecule has 0 aliphatic heterocycles. The van der Waals surface area contributed by atoms with Gasteiger partial charge in [-0.1, -0.05) is 26.2 Å². The van der Waals surface area contributed by atoms with Crippen molar-refractivity contribution in [2.75, 3.05) is 7.05 Å². The van der Waals surface area contributed by atoms with E-state index in [0.29, 0.717) is 15.8 Å². The van der Waals surface area contributed by atoms with E-state index < -0.39 is 11.9 Å². The van der Waals surface area contributed by atoms with Crippen molar-refractivity contribution in [1.82, 2.24) is 10.3 Å². The maximum atomic E-state index is 13.0. The molecule has 0 spiro atoms. The average Bonchev–Trinajstić information content (AvgIpc) is 2.83. The SMILES string of the molecule is CCC1CCCC(c2nc(C(F)(F)F)c(CNC)s2)C1. The average molecular weight is 306 g/mol. The quantitative estimate of drug-likeness (QED) is 0.881. The van der Waals surface area contributed by atoms with Crippen LogP contribution in [0.3, 0.4) is 0 Å². The number of thiazole rings is 1. The van der Waals surface area contributed by atoms with Crippen LogP contribution in [0.2, 0.25) is 0 Å². The highest BCUT2D eigenvalue weighted by Gasteiger charge is 2.38. The first-order valence-electron chi connectivity index (χ1n) is 7.17. The minimum Gasteiger partial charge on any atom is -0.315 e. The van der Waals surface area contributed by atoms with Gasteiger partial charge in [-0.15, -0.1) is 11.3 Å². The van der Waals surface area contributed by atoms with Gasteiger partial charge >= 0.3 is 6.18 Å². The molecule has 1 aliphatic carbocycles. The van der Waals surface area contributed by atoms with Gasteiger partial charge in [-0.25, -0.2) is 4.98 Å². The molecule has 114 valence electrons. The first-order chi connectivity index (χ1) is 9.45. The molecule has 0 aromatic carbocycles. The number of aromatic nitrogens is 1. The minimum atomic E-state index is -4.35. The first kappa shape index (κ1) is 15.8. The molecule has 20 heavy (non-hydrogen) atoms. The Morgan fingerprint density at radius 1 is 1.35 bits per heavy atom. The van der Waals surface area contributed by atoms with Crippen molar-refractivity contribution in [2.45, 2.75) is 57.7 Å². The summed E-state index contributed by atoms with van der Waals surface area (Å²) < 4.78 is 39.0. The molecule has 2 atom stereocenters. The van der Waals surface area contributed by atoms with E-state index >= 15 is 0 Å². The van der Waals surface area contributed by atoms with Crippen LogP contribution in [-0.4, -0.2) is 12.0 Å². The van der Waals surface area contributed by atoms with Crippen LogP contribution in [0.1, 0.15) is 60.5 Å². The molecule has 2 unspecified atom stereocenters. The monoisotopic (exact) mass is 306 g/mol. The Balaban J connectivity index is 2.24. The lowest BCUT2D eigenvalue weighted by Gasteiger charge is -2.26. The van der Waals surface area contributed by atoms with Gasteiger partial charge in [-0.3, -0.25) is 0 Å². The van der Waals surface area contributed by atoms with Crippen LogP contribution >= 0.6 is 11.3 Å². The largest absolute Gasteiger partial charge is 0.434 e. The highest BCUT2D eigenvalue weighted by molar-refractivity contribution is 7.11. The molecule has 2 rings (SSSR count). The normalized spacial score (nSPS) is 24.1. The number of hydrogen-bond acceptors (Lipinski definition) is 3. The van der Waals surface area contributed by atoms with Gasteiger partial charge in [0.1, 0.15) is 0 Å². The van der Waals surface area contributed by atoms with E-state index in [1.165, 1.54) is 17.8 Å². The van der Waals surface area contributed by atoms with Crippen LogP contribution in [0.4, 0.5) is 13.2 Å². The van der Waals surface area contributed by atoms with Crippen LogP contribution in [0.5, 0.6) is 0 Å². The molecular weight excluding hydrogens is 285 g/mol. The second-order valence-electron chi connectivity index (χ2n) is 5.49. The molecule has 6 heteroatoms. The third-order valence-corrected chi connectivity index (χ3v) is 5.25. The molecule has 1 saturated carbocycles. The van der Waals surface area contributed by atoms with E-state index in [0.717, 1.165) is 25.7 Å². The van der Waals surface area contributed by atoms with Crippen LogP contribution in [0.25, 0.3) is 0 Å². The minimum absolute atomic E-state index is 0.213. The number of nitrogens with zero attached hydrogens (tertiary/aromatic N) is 1. The number of nitrogens with one attached hydrogen (secondary N) is 1. The van der Waals surface area contributed by atoms with Gasteiger partial charge in [0.2, 0.25) is 0 Å². The predicted molar refractivity (Wildman–Crippen MR) is 74.9 cm³/mol. The van der Waals surface area contributed by atoms with E-state index in [2.05, 4.69) is 17.2 Å². The van der Waals surface area contributed by atoms with Crippen molar-refractivity contribution in [3.8, 4) is 0 Å². The van der Waals surface area contributed by atoms with Gasteiger partial charge in [0.25, 0.3) is 0 Å². The second-order valence-corrected chi connectivity index (χ2v) is 6.60. The Morgan fingerprint density at radius 3 is 2.70 bits per heavy atom. The van der Waals surface area contributed by atoms with Gasteiger partial charge < -0.3 is 5.32 Å². The summed E-state index contributed by atoms with van der Waals surface area (Å²) in [5.41, 5.74) is -0.689. The smallest absolute Gasteiger partial charge is 0.315 e. The van der Waals surface area contributed by atoms with Gasteiger partial charge in [-0.05, 0) is 25.8 Å². The van der Waals surface area contributed by atoms with Crippen LogP contribution in [-0.2, 0) is 12.7 Å². The molecule has 0 saturated heterocycles. The Labute approximate surface area is 121 Å². The van der Waals surface area contributed by atoms with Crippen molar-refractivity contribution in [3.63, 3.8) is 0 Å². The fourth-order valence-electron chi connectivity index (χ4n) is 2.93. The Bertz CT molecular complexity index is 442. The molecule has 2 nitrogen and oxygen atoms in total. The molecule has 0 radical (unpaired) electrons. The Kier molecular flexibility index (Phi) is 5.07. The lowest BCUT2D eigenvalue weighted by Crippen LogP contribution is -2.14. The third kappa shape index (κ3) is 3.52. The number of hydrogen-bond donors (Lipinski definition) is 1. The van der Waals surface area contributed by atoms with Gasteiger partial charge in [0.05, 0.1) is 9.88 Å². The topological polar surface area (TPSA) is 24.9 Å². The summed E-state index contributed by atoms with van der Waals surface area (Å²) in [5.74, 6) is 0.852. The van der Waals surface area contributed by atoms with Gasteiger partial charge in [0, 0.05) is 12.5 Å². The van der Waals surface area contributed by atoms with Crippen LogP contribution in [0.15, 0.2) is 0 Å². The lowest BCUT2D eigenvalue weighted by atomic mass is 9.80. The van der Waals surface area contributed by atoms with E-state index in [1.54, 1.807) is 7.05 Å². The van der Waals surface area contributed by atoms with E-state index in [9.17, 15) is 13.2 Å². The number of alkyl halides is 3. The van der Waals surface area contributed by atoms with Crippen LogP contribution in [0, 0.1) is 5.92 Å². The zero-order chi connectivity index (χ0) is 14.8. The highest BCUT2D eigenvalue weighted by Crippen LogP contribution is 2.42. The third-order valence-electron chi connectivity index (χ3n) is 4.03. The van der Waals surface area contributed by atoms with Crippen molar-refractivity contribution in [1.29, 1.82) is 0 Å². The zero-order valence-electron chi connectivity index (χ0n) is 11.9. The summed E-state index contributed by atoms with van der Waals surface area (Å²) in [5, 5.41) is 3.48. The number of rotatable bonds is 4. The fraction of sp³-hybridized carbons (Fsp3) is 0.786. The predicted octanol–water partition coefficient (Wildman–Crippen LogP) is 4.57. The molecule has 0 amide bonds. The van der Waals surface area contributed by atoms with E-state index in [-0.39, 0.29) is 12.5 Å². The molecule has 1 heterocycles. The Morgan fingerprint density at radius 2 is 2.10 bits per heavy atom. The maximum Gasteiger partial charge on any atom is 0.434 e. The van der Waals surface area contributed by atoms with Gasteiger partial charge in [-0.2, -0.15) is 13.2 Å². The lowest BCUT2D eigenvalue weighted by molar-refractivity contribution is -0.141. The summed E-state index contributed by atoms with van der Waals surface area (Å²) in [6, 6.07) is 0. The summed E-state index contributed by atoms with van der Waals surface area (Å²) in [7, 11) is 1.66. The molecule has 1 aromatic heterocycles. The summed E-state index contributed by atoms with van der Waals surface area (Å²) in [6.07, 6.45) is 1.02. The Hall–Kier alpha value is -0.620.